The Morgan fingerprint density at radius 1 is 1.14 bits per heavy atom. The largest absolute Gasteiger partial charge is 0.490 e. The van der Waals surface area contributed by atoms with Crippen molar-refractivity contribution in [1.82, 2.24) is 9.78 Å². The molecule has 1 aromatic heterocycles. The van der Waals surface area contributed by atoms with Gasteiger partial charge in [-0.1, -0.05) is 17.7 Å². The summed E-state index contributed by atoms with van der Waals surface area (Å²) in [4.78, 5) is 12.6. The number of anilines is 1. The van der Waals surface area contributed by atoms with Crippen LogP contribution in [-0.4, -0.2) is 28.9 Å². The summed E-state index contributed by atoms with van der Waals surface area (Å²) in [6, 6.07) is 11.1. The second-order valence-electron chi connectivity index (χ2n) is 6.08. The van der Waals surface area contributed by atoms with Crippen LogP contribution in [0.1, 0.15) is 29.8 Å². The van der Waals surface area contributed by atoms with Crippen LogP contribution in [0.15, 0.2) is 48.7 Å². The van der Waals surface area contributed by atoms with E-state index in [0.717, 1.165) is 0 Å². The number of hydrogen-bond acceptors (Lipinski definition) is 4. The van der Waals surface area contributed by atoms with E-state index in [1.165, 1.54) is 10.7 Å². The quantitative estimate of drug-likeness (QED) is 0.573. The lowest BCUT2D eigenvalue weighted by Crippen LogP contribution is -2.13. The van der Waals surface area contributed by atoms with Crippen LogP contribution in [0.25, 0.3) is 0 Å². The molecule has 29 heavy (non-hydrogen) atoms. The average molecular weight is 418 g/mol. The van der Waals surface area contributed by atoms with Crippen LogP contribution in [0.3, 0.4) is 0 Å². The SMILES string of the molecule is CCOc1ccc(C(=O)Nc2ccn(Cc3c(F)cccc3Cl)n2)cc1OCC. The molecular weight excluding hydrogens is 397 g/mol. The number of benzene rings is 2. The summed E-state index contributed by atoms with van der Waals surface area (Å²) in [6.45, 7) is 4.83. The minimum absolute atomic E-state index is 0.152. The van der Waals surface area contributed by atoms with Crippen LogP contribution >= 0.6 is 11.6 Å². The van der Waals surface area contributed by atoms with E-state index in [1.807, 2.05) is 13.8 Å². The van der Waals surface area contributed by atoms with Gasteiger partial charge in [-0.05, 0) is 44.2 Å². The van der Waals surface area contributed by atoms with Crippen LogP contribution in [0.4, 0.5) is 10.2 Å². The normalized spacial score (nSPS) is 10.6. The molecule has 8 heteroatoms. The highest BCUT2D eigenvalue weighted by molar-refractivity contribution is 6.31. The number of carbonyl (C=O) groups is 1. The van der Waals surface area contributed by atoms with Crippen molar-refractivity contribution in [3.05, 3.63) is 70.6 Å². The highest BCUT2D eigenvalue weighted by Gasteiger charge is 2.14. The predicted molar refractivity (Wildman–Crippen MR) is 109 cm³/mol. The maximum absolute atomic E-state index is 13.9. The fourth-order valence-corrected chi connectivity index (χ4v) is 2.97. The number of halogens is 2. The maximum atomic E-state index is 13.9. The van der Waals surface area contributed by atoms with Crippen molar-refractivity contribution >= 4 is 23.3 Å². The Hall–Kier alpha value is -3.06. The van der Waals surface area contributed by atoms with Crippen molar-refractivity contribution in [2.45, 2.75) is 20.4 Å². The Morgan fingerprint density at radius 2 is 1.90 bits per heavy atom. The molecule has 6 nitrogen and oxygen atoms in total. The van der Waals surface area contributed by atoms with Crippen molar-refractivity contribution in [2.75, 3.05) is 18.5 Å². The zero-order valence-electron chi connectivity index (χ0n) is 16.1. The molecule has 0 unspecified atom stereocenters. The predicted octanol–water partition coefficient (Wildman–Crippen LogP) is 4.77. The lowest BCUT2D eigenvalue weighted by Gasteiger charge is -2.12. The Bertz CT molecular complexity index is 986. The van der Waals surface area contributed by atoms with Crippen molar-refractivity contribution < 1.29 is 18.7 Å². The molecule has 3 aromatic rings. The molecule has 0 radical (unpaired) electrons. The molecule has 0 aliphatic heterocycles. The Morgan fingerprint density at radius 3 is 2.62 bits per heavy atom. The smallest absolute Gasteiger partial charge is 0.257 e. The zero-order chi connectivity index (χ0) is 20.8. The van der Waals surface area contributed by atoms with E-state index in [4.69, 9.17) is 21.1 Å². The van der Waals surface area contributed by atoms with Crippen molar-refractivity contribution in [1.29, 1.82) is 0 Å². The Labute approximate surface area is 173 Å². The van der Waals surface area contributed by atoms with Gasteiger partial charge in [-0.25, -0.2) is 4.39 Å². The van der Waals surface area contributed by atoms with Gasteiger partial charge in [-0.2, -0.15) is 5.10 Å². The number of nitrogens with one attached hydrogen (secondary N) is 1. The number of aromatic nitrogens is 2. The summed E-state index contributed by atoms with van der Waals surface area (Å²) in [6.07, 6.45) is 1.64. The molecule has 0 spiro atoms. The first-order valence-corrected chi connectivity index (χ1v) is 9.57. The monoisotopic (exact) mass is 417 g/mol. The first kappa shape index (κ1) is 20.7. The summed E-state index contributed by atoms with van der Waals surface area (Å²) < 4.78 is 26.5. The third kappa shape index (κ3) is 5.06. The highest BCUT2D eigenvalue weighted by Crippen LogP contribution is 2.29. The number of rotatable bonds is 8. The van der Waals surface area contributed by atoms with Gasteiger partial charge in [0.2, 0.25) is 0 Å². The molecule has 0 aliphatic carbocycles. The molecule has 0 atom stereocenters. The van der Waals surface area contributed by atoms with Crippen LogP contribution in [-0.2, 0) is 6.54 Å². The van der Waals surface area contributed by atoms with Gasteiger partial charge < -0.3 is 14.8 Å². The summed E-state index contributed by atoms with van der Waals surface area (Å²) >= 11 is 6.05. The molecule has 0 saturated carbocycles. The first-order valence-electron chi connectivity index (χ1n) is 9.19. The first-order chi connectivity index (χ1) is 14.0. The molecule has 0 bridgehead atoms. The number of amides is 1. The Kier molecular flexibility index (Phi) is 6.72. The standard InChI is InChI=1S/C21H21ClFN3O3/c1-3-28-18-9-8-14(12-19(18)29-4-2)21(27)24-20-10-11-26(25-20)13-15-16(22)6-5-7-17(15)23/h5-12H,3-4,13H2,1-2H3,(H,24,25,27). The summed E-state index contributed by atoms with van der Waals surface area (Å²) in [5.41, 5.74) is 0.742. The average Bonchev–Trinajstić information content (AvgIpc) is 3.13. The lowest BCUT2D eigenvalue weighted by atomic mass is 10.2. The topological polar surface area (TPSA) is 65.4 Å². The van der Waals surface area contributed by atoms with E-state index in [-0.39, 0.29) is 12.5 Å². The van der Waals surface area contributed by atoms with Crippen LogP contribution < -0.4 is 14.8 Å². The second kappa shape index (κ2) is 9.43. The second-order valence-corrected chi connectivity index (χ2v) is 6.49. The summed E-state index contributed by atoms with van der Waals surface area (Å²) in [5.74, 6) is 0.674. The fourth-order valence-electron chi connectivity index (χ4n) is 2.74. The molecule has 152 valence electrons. The maximum Gasteiger partial charge on any atom is 0.257 e. The van der Waals surface area contributed by atoms with Gasteiger partial charge in [0.15, 0.2) is 17.3 Å². The van der Waals surface area contributed by atoms with Crippen molar-refractivity contribution in [2.24, 2.45) is 0 Å². The minimum Gasteiger partial charge on any atom is -0.490 e. The van der Waals surface area contributed by atoms with Crippen LogP contribution in [0, 0.1) is 5.82 Å². The molecule has 1 heterocycles. The fraction of sp³-hybridized carbons (Fsp3) is 0.238. The minimum atomic E-state index is -0.406. The molecule has 0 fully saturated rings. The van der Waals surface area contributed by atoms with Gasteiger partial charge in [0.1, 0.15) is 5.82 Å². The summed E-state index contributed by atoms with van der Waals surface area (Å²) in [5, 5.41) is 7.31. The Balaban J connectivity index is 1.72. The van der Waals surface area contributed by atoms with Gasteiger partial charge in [-0.15, -0.1) is 0 Å². The molecule has 3 rings (SSSR count). The van der Waals surface area contributed by atoms with E-state index in [0.29, 0.717) is 46.7 Å². The highest BCUT2D eigenvalue weighted by atomic mass is 35.5. The molecule has 2 aromatic carbocycles. The van der Waals surface area contributed by atoms with Gasteiger partial charge in [0.25, 0.3) is 5.91 Å². The van der Waals surface area contributed by atoms with E-state index in [9.17, 15) is 9.18 Å². The molecule has 0 saturated heterocycles. The van der Waals surface area contributed by atoms with Crippen LogP contribution in [0.5, 0.6) is 11.5 Å². The molecular formula is C21H21ClFN3O3. The van der Waals surface area contributed by atoms with Crippen molar-refractivity contribution in [3.63, 3.8) is 0 Å². The lowest BCUT2D eigenvalue weighted by molar-refractivity contribution is 0.102. The van der Waals surface area contributed by atoms with Crippen molar-refractivity contribution in [3.8, 4) is 11.5 Å². The van der Waals surface area contributed by atoms with E-state index in [2.05, 4.69) is 10.4 Å². The number of hydrogen-bond donors (Lipinski definition) is 1. The van der Waals surface area contributed by atoms with Gasteiger partial charge in [0.05, 0.1) is 19.8 Å². The number of nitrogens with zero attached hydrogens (tertiary/aromatic N) is 2. The van der Waals surface area contributed by atoms with E-state index in [1.54, 1.807) is 42.6 Å². The van der Waals surface area contributed by atoms with Gasteiger partial charge in [0, 0.05) is 28.4 Å². The van der Waals surface area contributed by atoms with E-state index < -0.39 is 5.82 Å². The van der Waals surface area contributed by atoms with Gasteiger partial charge in [-0.3, -0.25) is 9.48 Å². The molecule has 1 amide bonds. The third-order valence-corrected chi connectivity index (χ3v) is 4.42. The number of ether oxygens (including phenoxy) is 2. The van der Waals surface area contributed by atoms with Crippen LogP contribution in [0.2, 0.25) is 5.02 Å². The van der Waals surface area contributed by atoms with Gasteiger partial charge >= 0.3 is 0 Å². The summed E-state index contributed by atoms with van der Waals surface area (Å²) in [7, 11) is 0. The third-order valence-electron chi connectivity index (χ3n) is 4.07. The van der Waals surface area contributed by atoms with E-state index >= 15 is 0 Å². The zero-order valence-corrected chi connectivity index (χ0v) is 16.9. The molecule has 1 N–H and O–H groups in total. The molecule has 0 aliphatic rings. The number of carbonyl (C=O) groups excluding carboxylic acids is 1.